The Kier molecular flexibility index (Phi) is 4.25. The summed E-state index contributed by atoms with van der Waals surface area (Å²) in [7, 11) is -3.06. The quantitative estimate of drug-likeness (QED) is 0.886. The summed E-state index contributed by atoms with van der Waals surface area (Å²) in [4.78, 5) is 12.0. The zero-order valence-electron chi connectivity index (χ0n) is 10.0. The van der Waals surface area contributed by atoms with Gasteiger partial charge in [0.2, 0.25) is 0 Å². The van der Waals surface area contributed by atoms with Crippen LogP contribution in [0.25, 0.3) is 0 Å². The van der Waals surface area contributed by atoms with E-state index in [0.29, 0.717) is 22.9 Å². The highest BCUT2D eigenvalue weighted by atomic mass is 79.9. The van der Waals surface area contributed by atoms with Crippen LogP contribution in [0.5, 0.6) is 0 Å². The summed E-state index contributed by atoms with van der Waals surface area (Å²) in [5, 5.41) is 2.68. The third-order valence-corrected chi connectivity index (χ3v) is 5.45. The lowest BCUT2D eigenvalue weighted by Crippen LogP contribution is -2.43. The molecule has 1 atom stereocenters. The van der Waals surface area contributed by atoms with E-state index in [-0.39, 0.29) is 17.5 Å². The standard InChI is InChI=1S/C12H13BrFNO3S/c13-11-6-8(14)3-4-10(11)12(16)15-9-2-1-5-19(17,18)7-9/h3-4,6,9H,1-2,5,7H2,(H,15,16). The Morgan fingerprint density at radius 2 is 2.16 bits per heavy atom. The van der Waals surface area contributed by atoms with Gasteiger partial charge in [0.25, 0.3) is 5.91 Å². The molecule has 19 heavy (non-hydrogen) atoms. The molecule has 1 aliphatic rings. The fraction of sp³-hybridized carbons (Fsp3) is 0.417. The fourth-order valence-electron chi connectivity index (χ4n) is 2.07. The normalized spacial score (nSPS) is 21.9. The van der Waals surface area contributed by atoms with E-state index in [1.807, 2.05) is 0 Å². The maximum atomic E-state index is 12.9. The first-order chi connectivity index (χ1) is 8.87. The number of hydrogen-bond donors (Lipinski definition) is 1. The lowest BCUT2D eigenvalue weighted by Gasteiger charge is -2.23. The third kappa shape index (κ3) is 3.76. The number of sulfone groups is 1. The third-order valence-electron chi connectivity index (χ3n) is 2.97. The first-order valence-electron chi connectivity index (χ1n) is 5.84. The molecule has 1 unspecified atom stereocenters. The van der Waals surface area contributed by atoms with Crippen molar-refractivity contribution in [1.29, 1.82) is 0 Å². The van der Waals surface area contributed by atoms with Gasteiger partial charge < -0.3 is 5.32 Å². The van der Waals surface area contributed by atoms with Gasteiger partial charge in [0.15, 0.2) is 9.84 Å². The summed E-state index contributed by atoms with van der Waals surface area (Å²) < 4.78 is 36.2. The van der Waals surface area contributed by atoms with Gasteiger partial charge in [-0.25, -0.2) is 12.8 Å². The van der Waals surface area contributed by atoms with E-state index >= 15 is 0 Å². The Bertz CT molecular complexity index is 603. The predicted octanol–water partition coefficient (Wildman–Crippen LogP) is 1.90. The SMILES string of the molecule is O=C(NC1CCCS(=O)(=O)C1)c1ccc(F)cc1Br. The van der Waals surface area contributed by atoms with Gasteiger partial charge >= 0.3 is 0 Å². The molecule has 1 aromatic carbocycles. The summed E-state index contributed by atoms with van der Waals surface area (Å²) in [5.74, 6) is -0.686. The van der Waals surface area contributed by atoms with Crippen LogP contribution in [0.1, 0.15) is 23.2 Å². The second kappa shape index (κ2) is 5.58. The van der Waals surface area contributed by atoms with E-state index in [9.17, 15) is 17.6 Å². The topological polar surface area (TPSA) is 63.2 Å². The maximum Gasteiger partial charge on any atom is 0.252 e. The number of amides is 1. The van der Waals surface area contributed by atoms with Gasteiger partial charge in [-0.2, -0.15) is 0 Å². The van der Waals surface area contributed by atoms with Crippen LogP contribution in [-0.4, -0.2) is 31.9 Å². The molecule has 0 spiro atoms. The monoisotopic (exact) mass is 349 g/mol. The highest BCUT2D eigenvalue weighted by Gasteiger charge is 2.26. The molecule has 1 heterocycles. The van der Waals surface area contributed by atoms with E-state index in [0.717, 1.165) is 0 Å². The number of carbonyl (C=O) groups is 1. The van der Waals surface area contributed by atoms with Gasteiger partial charge in [-0.15, -0.1) is 0 Å². The van der Waals surface area contributed by atoms with Crippen molar-refractivity contribution >= 4 is 31.7 Å². The molecule has 0 saturated carbocycles. The fourth-order valence-corrected chi connectivity index (χ4v) is 4.24. The summed E-state index contributed by atoms with van der Waals surface area (Å²) in [6, 6.07) is 3.39. The Hall–Kier alpha value is -0.950. The summed E-state index contributed by atoms with van der Waals surface area (Å²) in [6.07, 6.45) is 1.20. The van der Waals surface area contributed by atoms with Gasteiger partial charge in [0.1, 0.15) is 5.82 Å². The average molecular weight is 350 g/mol. The van der Waals surface area contributed by atoms with Crippen molar-refractivity contribution in [3.8, 4) is 0 Å². The second-order valence-electron chi connectivity index (χ2n) is 4.55. The molecule has 104 valence electrons. The van der Waals surface area contributed by atoms with Gasteiger partial charge in [0, 0.05) is 10.5 Å². The molecule has 1 amide bonds. The molecule has 0 aromatic heterocycles. The first kappa shape index (κ1) is 14.5. The van der Waals surface area contributed by atoms with Crippen LogP contribution in [0.2, 0.25) is 0 Å². The maximum absolute atomic E-state index is 12.9. The van der Waals surface area contributed by atoms with Crippen molar-refractivity contribution in [3.63, 3.8) is 0 Å². The minimum Gasteiger partial charge on any atom is -0.348 e. The minimum atomic E-state index is -3.06. The minimum absolute atomic E-state index is 0.0302. The van der Waals surface area contributed by atoms with Crippen LogP contribution in [0.15, 0.2) is 22.7 Å². The van der Waals surface area contributed by atoms with Crippen LogP contribution >= 0.6 is 15.9 Å². The highest BCUT2D eigenvalue weighted by Crippen LogP contribution is 2.19. The van der Waals surface area contributed by atoms with Crippen molar-refractivity contribution < 1.29 is 17.6 Å². The van der Waals surface area contributed by atoms with Crippen molar-refractivity contribution in [2.45, 2.75) is 18.9 Å². The molecular formula is C12H13BrFNO3S. The van der Waals surface area contributed by atoms with Crippen LogP contribution in [0.4, 0.5) is 4.39 Å². The van der Waals surface area contributed by atoms with E-state index in [1.165, 1.54) is 18.2 Å². The molecule has 1 N–H and O–H groups in total. The first-order valence-corrected chi connectivity index (χ1v) is 8.45. The molecule has 2 rings (SSSR count). The van der Waals surface area contributed by atoms with E-state index in [1.54, 1.807) is 0 Å². The Labute approximate surface area is 119 Å². The van der Waals surface area contributed by atoms with Crippen molar-refractivity contribution in [3.05, 3.63) is 34.1 Å². The van der Waals surface area contributed by atoms with Gasteiger partial charge in [-0.1, -0.05) is 0 Å². The van der Waals surface area contributed by atoms with E-state index in [2.05, 4.69) is 21.2 Å². The number of halogens is 2. The van der Waals surface area contributed by atoms with Gasteiger partial charge in [-0.3, -0.25) is 4.79 Å². The lowest BCUT2D eigenvalue weighted by molar-refractivity contribution is 0.0937. The van der Waals surface area contributed by atoms with Crippen molar-refractivity contribution in [2.24, 2.45) is 0 Å². The molecule has 0 radical (unpaired) electrons. The number of nitrogens with one attached hydrogen (secondary N) is 1. The predicted molar refractivity (Wildman–Crippen MR) is 73.2 cm³/mol. The van der Waals surface area contributed by atoms with Gasteiger partial charge in [0.05, 0.1) is 17.1 Å². The molecule has 1 saturated heterocycles. The molecular weight excluding hydrogens is 337 g/mol. The zero-order valence-corrected chi connectivity index (χ0v) is 12.4. The molecule has 1 aromatic rings. The lowest BCUT2D eigenvalue weighted by atomic mass is 10.1. The van der Waals surface area contributed by atoms with E-state index < -0.39 is 21.6 Å². The van der Waals surface area contributed by atoms with Crippen molar-refractivity contribution in [1.82, 2.24) is 5.32 Å². The Balaban J connectivity index is 2.09. The molecule has 7 heteroatoms. The smallest absolute Gasteiger partial charge is 0.252 e. The Morgan fingerprint density at radius 1 is 1.42 bits per heavy atom. The van der Waals surface area contributed by atoms with Crippen LogP contribution in [0, 0.1) is 5.82 Å². The Morgan fingerprint density at radius 3 is 2.79 bits per heavy atom. The van der Waals surface area contributed by atoms with Crippen LogP contribution in [0.3, 0.4) is 0 Å². The number of benzene rings is 1. The van der Waals surface area contributed by atoms with E-state index in [4.69, 9.17) is 0 Å². The molecule has 1 fully saturated rings. The number of carbonyl (C=O) groups excluding carboxylic acids is 1. The summed E-state index contributed by atoms with van der Waals surface area (Å²) >= 11 is 3.12. The zero-order chi connectivity index (χ0) is 14.0. The van der Waals surface area contributed by atoms with Crippen LogP contribution in [-0.2, 0) is 9.84 Å². The van der Waals surface area contributed by atoms with Crippen LogP contribution < -0.4 is 5.32 Å². The summed E-state index contributed by atoms with van der Waals surface area (Å²) in [6.45, 7) is 0. The largest absolute Gasteiger partial charge is 0.348 e. The second-order valence-corrected chi connectivity index (χ2v) is 7.63. The molecule has 0 aliphatic carbocycles. The molecule has 1 aliphatic heterocycles. The number of hydrogen-bond acceptors (Lipinski definition) is 3. The average Bonchev–Trinajstić information content (AvgIpc) is 2.27. The molecule has 4 nitrogen and oxygen atoms in total. The summed E-state index contributed by atoms with van der Waals surface area (Å²) in [5.41, 5.74) is 0.296. The highest BCUT2D eigenvalue weighted by molar-refractivity contribution is 9.10. The van der Waals surface area contributed by atoms with Crippen molar-refractivity contribution in [2.75, 3.05) is 11.5 Å². The van der Waals surface area contributed by atoms with Gasteiger partial charge in [-0.05, 0) is 47.0 Å². The molecule has 0 bridgehead atoms. The number of rotatable bonds is 2.